The van der Waals surface area contributed by atoms with Gasteiger partial charge in [-0.1, -0.05) is 44.2 Å². The van der Waals surface area contributed by atoms with Gasteiger partial charge in [-0.3, -0.25) is 4.79 Å². The van der Waals surface area contributed by atoms with Gasteiger partial charge in [-0.05, 0) is 11.5 Å². The number of amides is 1. The monoisotopic (exact) mass is 332 g/mol. The van der Waals surface area contributed by atoms with E-state index in [9.17, 15) is 14.7 Å². The second-order valence-electron chi connectivity index (χ2n) is 5.78. The van der Waals surface area contributed by atoms with Crippen LogP contribution in [0.3, 0.4) is 0 Å². The van der Waals surface area contributed by atoms with Gasteiger partial charge in [-0.25, -0.2) is 9.78 Å². The molecule has 1 aromatic carbocycles. The number of nitrogens with one attached hydrogen (secondary N) is 1. The van der Waals surface area contributed by atoms with Crippen molar-refractivity contribution in [3.63, 3.8) is 0 Å². The molecule has 0 saturated carbocycles. The largest absolute Gasteiger partial charge is 0.480 e. The summed E-state index contributed by atoms with van der Waals surface area (Å²) in [5.41, 5.74) is 1.14. The van der Waals surface area contributed by atoms with Crippen LogP contribution in [0.5, 0.6) is 0 Å². The quantitative estimate of drug-likeness (QED) is 0.817. The first kappa shape index (κ1) is 17.1. The van der Waals surface area contributed by atoms with Gasteiger partial charge in [-0.2, -0.15) is 0 Å². The summed E-state index contributed by atoms with van der Waals surface area (Å²) in [7, 11) is 0. The number of thiazole rings is 1. The van der Waals surface area contributed by atoms with Crippen molar-refractivity contribution in [2.24, 2.45) is 5.92 Å². The normalized spacial score (nSPS) is 12.1. The van der Waals surface area contributed by atoms with Crippen LogP contribution >= 0.6 is 11.3 Å². The Bertz CT molecular complexity index is 667. The third kappa shape index (κ3) is 5.17. The van der Waals surface area contributed by atoms with E-state index in [4.69, 9.17) is 0 Å². The average Bonchev–Trinajstić information content (AvgIpc) is 2.95. The molecule has 2 rings (SSSR count). The molecule has 0 aliphatic rings. The lowest BCUT2D eigenvalue weighted by Crippen LogP contribution is -2.42. The summed E-state index contributed by atoms with van der Waals surface area (Å²) in [5.74, 6) is -1.04. The minimum Gasteiger partial charge on any atom is -0.480 e. The van der Waals surface area contributed by atoms with Gasteiger partial charge in [0.05, 0.1) is 5.01 Å². The summed E-state index contributed by atoms with van der Waals surface area (Å²) in [5, 5.41) is 14.4. The Morgan fingerprint density at radius 1 is 1.22 bits per heavy atom. The van der Waals surface area contributed by atoms with E-state index in [-0.39, 0.29) is 12.1 Å². The van der Waals surface area contributed by atoms with E-state index < -0.39 is 17.9 Å². The van der Waals surface area contributed by atoms with Gasteiger partial charge in [0, 0.05) is 18.2 Å². The molecule has 122 valence electrons. The van der Waals surface area contributed by atoms with Gasteiger partial charge >= 0.3 is 5.97 Å². The Hall–Kier alpha value is -2.21. The third-order valence-electron chi connectivity index (χ3n) is 3.25. The number of hydrogen-bond acceptors (Lipinski definition) is 4. The van der Waals surface area contributed by atoms with E-state index in [0.29, 0.717) is 5.92 Å². The summed E-state index contributed by atoms with van der Waals surface area (Å²) < 4.78 is 0. The van der Waals surface area contributed by atoms with Gasteiger partial charge in [0.2, 0.25) is 0 Å². The summed E-state index contributed by atoms with van der Waals surface area (Å²) >= 11 is 1.43. The highest BCUT2D eigenvalue weighted by Crippen LogP contribution is 2.14. The standard InChI is InChI=1S/C17H20N2O3S/c1-11(2)8-15-18-14(10-23-15)16(20)19-13(17(21)22)9-12-6-4-3-5-7-12/h3-7,10-11,13H,8-9H2,1-2H3,(H,19,20)(H,21,22)/t13-/m1/s1. The van der Waals surface area contributed by atoms with Crippen molar-refractivity contribution >= 4 is 23.2 Å². The maximum Gasteiger partial charge on any atom is 0.326 e. The first-order chi connectivity index (χ1) is 11.0. The van der Waals surface area contributed by atoms with Crippen molar-refractivity contribution in [2.75, 3.05) is 0 Å². The van der Waals surface area contributed by atoms with Gasteiger partial charge in [0.25, 0.3) is 5.91 Å². The zero-order chi connectivity index (χ0) is 16.8. The molecule has 0 bridgehead atoms. The molecule has 1 aromatic heterocycles. The summed E-state index contributed by atoms with van der Waals surface area (Å²) in [6, 6.07) is 8.25. The molecule has 1 atom stereocenters. The molecule has 0 unspecified atom stereocenters. The summed E-state index contributed by atoms with van der Waals surface area (Å²) in [4.78, 5) is 27.9. The molecule has 6 heteroatoms. The van der Waals surface area contributed by atoms with E-state index >= 15 is 0 Å². The van der Waals surface area contributed by atoms with Crippen molar-refractivity contribution < 1.29 is 14.7 Å². The Labute approximate surface area is 139 Å². The molecule has 0 fully saturated rings. The highest BCUT2D eigenvalue weighted by molar-refractivity contribution is 7.09. The molecule has 0 aliphatic carbocycles. The van der Waals surface area contributed by atoms with Gasteiger partial charge in [0.15, 0.2) is 0 Å². The molecule has 0 saturated heterocycles. The highest BCUT2D eigenvalue weighted by Gasteiger charge is 2.22. The zero-order valence-corrected chi connectivity index (χ0v) is 14.0. The van der Waals surface area contributed by atoms with Crippen LogP contribution in [-0.4, -0.2) is 28.0 Å². The molecule has 0 radical (unpaired) electrons. The van der Waals surface area contributed by atoms with Crippen LogP contribution < -0.4 is 5.32 Å². The molecule has 1 heterocycles. The number of aliphatic carboxylic acids is 1. The third-order valence-corrected chi connectivity index (χ3v) is 4.12. The van der Waals surface area contributed by atoms with Crippen LogP contribution in [0.4, 0.5) is 0 Å². The number of carbonyl (C=O) groups is 2. The van der Waals surface area contributed by atoms with E-state index in [1.807, 2.05) is 30.3 Å². The van der Waals surface area contributed by atoms with Crippen LogP contribution in [0.15, 0.2) is 35.7 Å². The average molecular weight is 332 g/mol. The molecule has 23 heavy (non-hydrogen) atoms. The van der Waals surface area contributed by atoms with Crippen molar-refractivity contribution in [3.8, 4) is 0 Å². The number of nitrogens with zero attached hydrogens (tertiary/aromatic N) is 1. The van der Waals surface area contributed by atoms with Crippen molar-refractivity contribution in [1.82, 2.24) is 10.3 Å². The predicted molar refractivity (Wildman–Crippen MR) is 89.7 cm³/mol. The van der Waals surface area contributed by atoms with Crippen LogP contribution in [0.25, 0.3) is 0 Å². The van der Waals surface area contributed by atoms with Crippen molar-refractivity contribution in [3.05, 3.63) is 52.0 Å². The maximum absolute atomic E-state index is 12.2. The second-order valence-corrected chi connectivity index (χ2v) is 6.72. The van der Waals surface area contributed by atoms with E-state index in [1.54, 1.807) is 5.38 Å². The Kier molecular flexibility index (Phi) is 5.87. The van der Waals surface area contributed by atoms with Crippen molar-refractivity contribution in [2.45, 2.75) is 32.7 Å². The highest BCUT2D eigenvalue weighted by atomic mass is 32.1. The van der Waals surface area contributed by atoms with E-state index in [1.165, 1.54) is 11.3 Å². The molecule has 2 aromatic rings. The number of carboxylic acid groups (broad SMARTS) is 1. The molecule has 0 aliphatic heterocycles. The number of hydrogen-bond donors (Lipinski definition) is 2. The minimum atomic E-state index is -1.06. The topological polar surface area (TPSA) is 79.3 Å². The summed E-state index contributed by atoms with van der Waals surface area (Å²) in [6.07, 6.45) is 1.05. The van der Waals surface area contributed by atoms with Gasteiger partial charge in [0.1, 0.15) is 11.7 Å². The smallest absolute Gasteiger partial charge is 0.326 e. The fourth-order valence-corrected chi connectivity index (χ4v) is 3.13. The maximum atomic E-state index is 12.2. The Morgan fingerprint density at radius 3 is 2.52 bits per heavy atom. The lowest BCUT2D eigenvalue weighted by atomic mass is 10.1. The van der Waals surface area contributed by atoms with E-state index in [0.717, 1.165) is 17.0 Å². The summed E-state index contributed by atoms with van der Waals surface area (Å²) in [6.45, 7) is 4.17. The van der Waals surface area contributed by atoms with Crippen LogP contribution in [0.2, 0.25) is 0 Å². The first-order valence-corrected chi connectivity index (χ1v) is 8.35. The number of aromatic nitrogens is 1. The van der Waals surface area contributed by atoms with Gasteiger partial charge < -0.3 is 10.4 Å². The van der Waals surface area contributed by atoms with Crippen LogP contribution in [0, 0.1) is 5.92 Å². The van der Waals surface area contributed by atoms with Crippen LogP contribution in [0.1, 0.15) is 34.9 Å². The van der Waals surface area contributed by atoms with Crippen molar-refractivity contribution in [1.29, 1.82) is 0 Å². The number of benzene rings is 1. The first-order valence-electron chi connectivity index (χ1n) is 7.47. The zero-order valence-electron chi connectivity index (χ0n) is 13.2. The molecular weight excluding hydrogens is 312 g/mol. The molecule has 1 amide bonds. The lowest BCUT2D eigenvalue weighted by molar-refractivity contribution is -0.139. The molecule has 2 N–H and O–H groups in total. The Morgan fingerprint density at radius 2 is 1.91 bits per heavy atom. The second kappa shape index (κ2) is 7.87. The Balaban J connectivity index is 2.03. The lowest BCUT2D eigenvalue weighted by Gasteiger charge is -2.13. The van der Waals surface area contributed by atoms with Gasteiger partial charge in [-0.15, -0.1) is 11.3 Å². The molecular formula is C17H20N2O3S. The van der Waals surface area contributed by atoms with E-state index in [2.05, 4.69) is 24.1 Å². The SMILES string of the molecule is CC(C)Cc1nc(C(=O)N[C@H](Cc2ccccc2)C(=O)O)cs1. The predicted octanol–water partition coefficient (Wildman–Crippen LogP) is 2.77. The fraction of sp³-hybridized carbons (Fsp3) is 0.353. The number of rotatable bonds is 7. The number of carboxylic acids is 1. The van der Waals surface area contributed by atoms with Crippen LogP contribution in [-0.2, 0) is 17.6 Å². The molecule has 5 nitrogen and oxygen atoms in total. The minimum absolute atomic E-state index is 0.241. The number of carbonyl (C=O) groups excluding carboxylic acids is 1. The fourth-order valence-electron chi connectivity index (χ4n) is 2.14. The molecule has 0 spiro atoms.